The number of aromatic nitrogens is 1. The summed E-state index contributed by atoms with van der Waals surface area (Å²) in [6.45, 7) is 5.94. The number of benzene rings is 1. The molecular weight excluding hydrogens is 264 g/mol. The smallest absolute Gasteiger partial charge is 0.308 e. The van der Waals surface area contributed by atoms with Crippen molar-refractivity contribution >= 4 is 16.9 Å². The maximum atomic E-state index is 11.7. The summed E-state index contributed by atoms with van der Waals surface area (Å²) in [5.41, 5.74) is 6.51. The summed E-state index contributed by atoms with van der Waals surface area (Å²) in [5.74, 6) is -0.264. The Balaban J connectivity index is 2.09. The summed E-state index contributed by atoms with van der Waals surface area (Å²) in [7, 11) is 3.55. The van der Waals surface area contributed by atoms with Gasteiger partial charge in [-0.25, -0.2) is 0 Å². The molecule has 2 aromatic rings. The van der Waals surface area contributed by atoms with Crippen molar-refractivity contribution in [3.05, 3.63) is 34.5 Å². The third-order valence-corrected chi connectivity index (χ3v) is 4.69. The largest absolute Gasteiger partial charge is 0.469 e. The predicted molar refractivity (Wildman–Crippen MR) is 83.1 cm³/mol. The highest BCUT2D eigenvalue weighted by molar-refractivity contribution is 5.88. The van der Waals surface area contributed by atoms with Gasteiger partial charge in [-0.2, -0.15) is 0 Å². The molecule has 1 aromatic carbocycles. The maximum Gasteiger partial charge on any atom is 0.308 e. The highest BCUT2D eigenvalue weighted by Gasteiger charge is 2.21. The third-order valence-electron chi connectivity index (χ3n) is 4.69. The van der Waals surface area contributed by atoms with Gasteiger partial charge in [-0.05, 0) is 42.2 Å². The van der Waals surface area contributed by atoms with Crippen LogP contribution < -0.4 is 5.32 Å². The Labute approximate surface area is 125 Å². The molecule has 0 amide bonds. The fourth-order valence-electron chi connectivity index (χ4n) is 3.28. The van der Waals surface area contributed by atoms with Crippen molar-refractivity contribution in [2.45, 2.75) is 33.4 Å². The number of methoxy groups -OCH3 is 1. The first-order valence-corrected chi connectivity index (χ1v) is 7.41. The number of nitrogens with zero attached hydrogens (tertiary/aromatic N) is 1. The molecule has 1 aliphatic rings. The van der Waals surface area contributed by atoms with Crippen LogP contribution in [0.3, 0.4) is 0 Å². The van der Waals surface area contributed by atoms with E-state index in [2.05, 4.69) is 36.0 Å². The molecule has 0 saturated carbocycles. The summed E-state index contributed by atoms with van der Waals surface area (Å²) in [4.78, 5) is 11.7. The van der Waals surface area contributed by atoms with Crippen LogP contribution in [-0.2, 0) is 36.1 Å². The molecule has 1 aliphatic heterocycles. The fraction of sp³-hybridized carbons (Fsp3) is 0.471. The van der Waals surface area contributed by atoms with E-state index in [-0.39, 0.29) is 11.9 Å². The van der Waals surface area contributed by atoms with Gasteiger partial charge in [0, 0.05) is 36.7 Å². The monoisotopic (exact) mass is 286 g/mol. The first-order chi connectivity index (χ1) is 10.0. The van der Waals surface area contributed by atoms with Crippen molar-refractivity contribution in [2.24, 2.45) is 13.0 Å². The lowest BCUT2D eigenvalue weighted by Crippen LogP contribution is -2.15. The normalized spacial score (nSPS) is 15.2. The molecule has 4 heteroatoms. The van der Waals surface area contributed by atoms with Gasteiger partial charge >= 0.3 is 5.97 Å². The number of nitrogens with one attached hydrogen (secondary N) is 1. The molecule has 2 heterocycles. The van der Waals surface area contributed by atoms with Gasteiger partial charge in [-0.15, -0.1) is 0 Å². The maximum absolute atomic E-state index is 11.7. The number of hydrogen-bond acceptors (Lipinski definition) is 3. The molecular formula is C17H22N2O2. The Morgan fingerprint density at radius 2 is 2.05 bits per heavy atom. The second-order valence-electron chi connectivity index (χ2n) is 5.99. The number of esters is 1. The van der Waals surface area contributed by atoms with Crippen LogP contribution in [0.4, 0.5) is 0 Å². The Hall–Kier alpha value is -1.81. The van der Waals surface area contributed by atoms with Crippen molar-refractivity contribution in [1.29, 1.82) is 0 Å². The molecule has 21 heavy (non-hydrogen) atoms. The first-order valence-electron chi connectivity index (χ1n) is 7.41. The standard InChI is InChI=1S/C17H22N2O2/c1-10(17(20)21-4)5-14-11(2)19(3)16-7-13-9-18-8-12(13)6-15(14)16/h6-7,10,18H,5,8-9H2,1-4H3. The molecule has 1 unspecified atom stereocenters. The lowest BCUT2D eigenvalue weighted by molar-refractivity contribution is -0.144. The Morgan fingerprint density at radius 3 is 2.71 bits per heavy atom. The average molecular weight is 286 g/mol. The molecule has 1 N–H and O–H groups in total. The quantitative estimate of drug-likeness (QED) is 0.881. The van der Waals surface area contributed by atoms with E-state index < -0.39 is 0 Å². The number of hydrogen-bond donors (Lipinski definition) is 1. The van der Waals surface area contributed by atoms with Gasteiger partial charge in [0.2, 0.25) is 0 Å². The van der Waals surface area contributed by atoms with Gasteiger partial charge in [0.25, 0.3) is 0 Å². The van der Waals surface area contributed by atoms with E-state index in [9.17, 15) is 4.79 Å². The van der Waals surface area contributed by atoms with Crippen molar-refractivity contribution < 1.29 is 9.53 Å². The topological polar surface area (TPSA) is 43.3 Å². The number of fused-ring (bicyclic) bond motifs is 2. The minimum absolute atomic E-state index is 0.120. The zero-order chi connectivity index (χ0) is 15.1. The molecule has 112 valence electrons. The number of carbonyl (C=O) groups is 1. The molecule has 0 saturated heterocycles. The van der Waals surface area contributed by atoms with Crippen LogP contribution in [0.15, 0.2) is 12.1 Å². The van der Waals surface area contributed by atoms with Gasteiger partial charge in [0.15, 0.2) is 0 Å². The van der Waals surface area contributed by atoms with E-state index in [0.717, 1.165) is 19.5 Å². The summed E-state index contributed by atoms with van der Waals surface area (Å²) >= 11 is 0. The zero-order valence-electron chi connectivity index (χ0n) is 13.1. The number of ether oxygens (including phenoxy) is 1. The van der Waals surface area contributed by atoms with Crippen molar-refractivity contribution in [1.82, 2.24) is 9.88 Å². The Morgan fingerprint density at radius 1 is 1.38 bits per heavy atom. The van der Waals surface area contributed by atoms with Crippen LogP contribution in [0.2, 0.25) is 0 Å². The zero-order valence-corrected chi connectivity index (χ0v) is 13.1. The van der Waals surface area contributed by atoms with Gasteiger partial charge in [-0.3, -0.25) is 4.79 Å². The second kappa shape index (κ2) is 5.19. The van der Waals surface area contributed by atoms with E-state index in [0.29, 0.717) is 0 Å². The van der Waals surface area contributed by atoms with Gasteiger partial charge in [0.05, 0.1) is 13.0 Å². The molecule has 1 atom stereocenters. The van der Waals surface area contributed by atoms with Crippen LogP contribution in [-0.4, -0.2) is 17.6 Å². The van der Waals surface area contributed by atoms with E-state index in [1.165, 1.54) is 40.4 Å². The highest BCUT2D eigenvalue weighted by Crippen LogP contribution is 2.31. The molecule has 0 aliphatic carbocycles. The predicted octanol–water partition coefficient (Wildman–Crippen LogP) is 2.44. The number of aryl methyl sites for hydroxylation is 1. The SMILES string of the molecule is COC(=O)C(C)Cc1c(C)n(C)c2cc3c(cc12)CNC3. The van der Waals surface area contributed by atoms with Crippen LogP contribution >= 0.6 is 0 Å². The van der Waals surface area contributed by atoms with Crippen LogP contribution in [0.5, 0.6) is 0 Å². The summed E-state index contributed by atoms with van der Waals surface area (Å²) in [6, 6.07) is 4.57. The average Bonchev–Trinajstić information content (AvgIpc) is 3.03. The molecule has 4 nitrogen and oxygen atoms in total. The van der Waals surface area contributed by atoms with Crippen molar-refractivity contribution in [2.75, 3.05) is 7.11 Å². The number of carbonyl (C=O) groups excluding carboxylic acids is 1. The lowest BCUT2D eigenvalue weighted by atomic mass is 9.97. The molecule has 0 bridgehead atoms. The van der Waals surface area contributed by atoms with Crippen LogP contribution in [0.1, 0.15) is 29.3 Å². The number of rotatable bonds is 3. The lowest BCUT2D eigenvalue weighted by Gasteiger charge is -2.09. The minimum Gasteiger partial charge on any atom is -0.469 e. The van der Waals surface area contributed by atoms with E-state index in [1.54, 1.807) is 0 Å². The third kappa shape index (κ3) is 2.23. The van der Waals surface area contributed by atoms with Gasteiger partial charge < -0.3 is 14.6 Å². The Kier molecular flexibility index (Phi) is 3.49. The summed E-state index contributed by atoms with van der Waals surface area (Å²) in [5, 5.41) is 4.66. The molecule has 0 fully saturated rings. The van der Waals surface area contributed by atoms with Crippen LogP contribution in [0, 0.1) is 12.8 Å². The molecule has 0 spiro atoms. The molecule has 0 radical (unpaired) electrons. The van der Waals surface area contributed by atoms with Crippen molar-refractivity contribution in [3.8, 4) is 0 Å². The van der Waals surface area contributed by atoms with Gasteiger partial charge in [0.1, 0.15) is 0 Å². The summed E-state index contributed by atoms with van der Waals surface area (Å²) < 4.78 is 7.09. The second-order valence-corrected chi connectivity index (χ2v) is 5.99. The van der Waals surface area contributed by atoms with Gasteiger partial charge in [-0.1, -0.05) is 6.92 Å². The minimum atomic E-state index is -0.144. The van der Waals surface area contributed by atoms with E-state index in [1.807, 2.05) is 6.92 Å². The Bertz CT molecular complexity index is 715. The van der Waals surface area contributed by atoms with E-state index >= 15 is 0 Å². The highest BCUT2D eigenvalue weighted by atomic mass is 16.5. The van der Waals surface area contributed by atoms with Crippen LogP contribution in [0.25, 0.3) is 10.9 Å². The molecule has 1 aromatic heterocycles. The van der Waals surface area contributed by atoms with Crippen molar-refractivity contribution in [3.63, 3.8) is 0 Å². The van der Waals surface area contributed by atoms with E-state index in [4.69, 9.17) is 4.74 Å². The fourth-order valence-corrected chi connectivity index (χ4v) is 3.28. The molecule has 3 rings (SSSR count). The summed E-state index contributed by atoms with van der Waals surface area (Å²) in [6.07, 6.45) is 0.724. The first kappa shape index (κ1) is 14.1.